The first-order valence-electron chi connectivity index (χ1n) is 5.20. The predicted molar refractivity (Wildman–Crippen MR) is 77.8 cm³/mol. The molecule has 1 heterocycles. The van der Waals surface area contributed by atoms with Gasteiger partial charge in [-0.1, -0.05) is 13.8 Å². The molecule has 4 nitrogen and oxygen atoms in total. The molecule has 100 valence electrons. The van der Waals surface area contributed by atoms with Crippen LogP contribution >= 0.6 is 43.2 Å². The van der Waals surface area contributed by atoms with Gasteiger partial charge in [0.2, 0.25) is 0 Å². The van der Waals surface area contributed by atoms with Crippen molar-refractivity contribution >= 4 is 55.1 Å². The smallest absolute Gasteiger partial charge is 0.328 e. The predicted octanol–water partition coefficient (Wildman–Crippen LogP) is 3.20. The monoisotopic (exact) mass is 397 g/mol. The van der Waals surface area contributed by atoms with Crippen molar-refractivity contribution in [1.29, 1.82) is 0 Å². The molecule has 18 heavy (non-hydrogen) atoms. The second-order valence-corrected chi connectivity index (χ2v) is 7.71. The lowest BCUT2D eigenvalue weighted by Gasteiger charge is -2.19. The molecule has 0 fully saturated rings. The Bertz CT molecular complexity index is 459. The Balaban J connectivity index is 2.85. The topological polar surface area (TPSA) is 55.4 Å². The van der Waals surface area contributed by atoms with E-state index >= 15 is 0 Å². The van der Waals surface area contributed by atoms with Crippen molar-refractivity contribution in [3.63, 3.8) is 0 Å². The number of methoxy groups -OCH3 is 1. The van der Waals surface area contributed by atoms with Crippen molar-refractivity contribution in [2.45, 2.75) is 19.9 Å². The number of rotatable bonds is 4. The number of ether oxygens (including phenoxy) is 1. The molecule has 1 atom stereocenters. The van der Waals surface area contributed by atoms with E-state index in [4.69, 9.17) is 0 Å². The molecule has 0 aliphatic rings. The summed E-state index contributed by atoms with van der Waals surface area (Å²) in [5, 5.41) is 2.68. The van der Waals surface area contributed by atoms with Gasteiger partial charge in [0, 0.05) is 0 Å². The average molecular weight is 399 g/mol. The summed E-state index contributed by atoms with van der Waals surface area (Å²) in [6.45, 7) is 3.70. The summed E-state index contributed by atoms with van der Waals surface area (Å²) in [5.41, 5.74) is 0.501. The van der Waals surface area contributed by atoms with Crippen LogP contribution in [0.25, 0.3) is 0 Å². The van der Waals surface area contributed by atoms with E-state index in [0.717, 1.165) is 7.57 Å². The summed E-state index contributed by atoms with van der Waals surface area (Å²) < 4.78 is 6.24. The number of halogens is 2. The summed E-state index contributed by atoms with van der Waals surface area (Å²) >= 11 is 8.02. The number of thiophene rings is 1. The molecule has 0 spiro atoms. The van der Waals surface area contributed by atoms with Gasteiger partial charge >= 0.3 is 5.97 Å². The van der Waals surface area contributed by atoms with Crippen molar-refractivity contribution in [3.8, 4) is 0 Å². The first-order valence-corrected chi connectivity index (χ1v) is 7.60. The van der Waals surface area contributed by atoms with Gasteiger partial charge in [-0.2, -0.15) is 0 Å². The molecular formula is C11H13Br2NO3S. The highest BCUT2D eigenvalue weighted by atomic mass is 79.9. The minimum absolute atomic E-state index is 0.0396. The van der Waals surface area contributed by atoms with Crippen LogP contribution in [0.1, 0.15) is 24.2 Å². The van der Waals surface area contributed by atoms with Crippen LogP contribution in [-0.4, -0.2) is 25.0 Å². The molecule has 0 radical (unpaired) electrons. The molecule has 0 saturated carbocycles. The molecule has 0 aliphatic heterocycles. The van der Waals surface area contributed by atoms with Gasteiger partial charge in [-0.3, -0.25) is 4.79 Å². The van der Waals surface area contributed by atoms with E-state index in [0.29, 0.717) is 5.56 Å². The Morgan fingerprint density at radius 1 is 1.39 bits per heavy atom. The van der Waals surface area contributed by atoms with Crippen molar-refractivity contribution in [3.05, 3.63) is 19.2 Å². The van der Waals surface area contributed by atoms with Gasteiger partial charge in [0.15, 0.2) is 0 Å². The Labute approximate surface area is 126 Å². The van der Waals surface area contributed by atoms with Gasteiger partial charge < -0.3 is 10.1 Å². The van der Waals surface area contributed by atoms with Crippen LogP contribution in [0.3, 0.4) is 0 Å². The zero-order valence-electron chi connectivity index (χ0n) is 10.1. The Hall–Kier alpha value is -0.400. The third-order valence-corrected chi connectivity index (χ3v) is 4.65. The Kier molecular flexibility index (Phi) is 5.81. The molecule has 1 aromatic heterocycles. The molecule has 0 aliphatic carbocycles. The van der Waals surface area contributed by atoms with Gasteiger partial charge in [0.25, 0.3) is 5.91 Å². The van der Waals surface area contributed by atoms with E-state index in [-0.39, 0.29) is 11.8 Å². The molecule has 1 amide bonds. The Morgan fingerprint density at radius 2 is 2.00 bits per heavy atom. The number of carbonyl (C=O) groups is 2. The zero-order valence-corrected chi connectivity index (χ0v) is 14.1. The maximum Gasteiger partial charge on any atom is 0.328 e. The molecular weight excluding hydrogens is 386 g/mol. The van der Waals surface area contributed by atoms with Crippen LogP contribution < -0.4 is 5.32 Å². The van der Waals surface area contributed by atoms with Gasteiger partial charge in [-0.15, -0.1) is 11.3 Å². The number of nitrogens with one attached hydrogen (secondary N) is 1. The largest absolute Gasteiger partial charge is 0.467 e. The number of amides is 1. The number of esters is 1. The number of hydrogen-bond donors (Lipinski definition) is 1. The average Bonchev–Trinajstić information content (AvgIpc) is 2.63. The summed E-state index contributed by atoms with van der Waals surface area (Å²) in [7, 11) is 1.31. The fourth-order valence-electron chi connectivity index (χ4n) is 1.34. The normalized spacial score (nSPS) is 12.3. The van der Waals surface area contributed by atoms with Crippen LogP contribution in [-0.2, 0) is 9.53 Å². The quantitative estimate of drug-likeness (QED) is 0.792. The molecule has 0 bridgehead atoms. The van der Waals surface area contributed by atoms with Crippen LogP contribution in [0.5, 0.6) is 0 Å². The van der Waals surface area contributed by atoms with Gasteiger partial charge in [-0.05, 0) is 43.8 Å². The van der Waals surface area contributed by atoms with E-state index in [1.807, 2.05) is 13.8 Å². The first-order chi connectivity index (χ1) is 8.36. The van der Waals surface area contributed by atoms with E-state index in [2.05, 4.69) is 41.9 Å². The fraction of sp³-hybridized carbons (Fsp3) is 0.455. The number of carbonyl (C=O) groups excluding carboxylic acids is 2. The third kappa shape index (κ3) is 3.80. The van der Waals surface area contributed by atoms with Crippen molar-refractivity contribution in [2.75, 3.05) is 7.11 Å². The highest BCUT2D eigenvalue weighted by Crippen LogP contribution is 2.31. The lowest BCUT2D eigenvalue weighted by molar-refractivity contribution is -0.144. The van der Waals surface area contributed by atoms with Crippen LogP contribution in [0.4, 0.5) is 0 Å². The number of hydrogen-bond acceptors (Lipinski definition) is 4. The third-order valence-electron chi connectivity index (χ3n) is 2.31. The zero-order chi connectivity index (χ0) is 13.9. The van der Waals surface area contributed by atoms with Gasteiger partial charge in [0.05, 0.1) is 20.2 Å². The van der Waals surface area contributed by atoms with Crippen LogP contribution in [0.2, 0.25) is 0 Å². The fourth-order valence-corrected chi connectivity index (χ4v) is 4.13. The summed E-state index contributed by atoms with van der Waals surface area (Å²) in [4.78, 5) is 23.6. The summed E-state index contributed by atoms with van der Waals surface area (Å²) in [6.07, 6.45) is 0. The molecule has 1 aromatic rings. The first kappa shape index (κ1) is 15.7. The van der Waals surface area contributed by atoms with Crippen molar-refractivity contribution < 1.29 is 14.3 Å². The SMILES string of the molecule is COC(=O)C(NC(=O)c1cc(Br)sc1Br)C(C)C. The molecule has 1 rings (SSSR count). The lowest BCUT2D eigenvalue weighted by Crippen LogP contribution is -2.45. The molecule has 0 aromatic carbocycles. The minimum Gasteiger partial charge on any atom is -0.467 e. The van der Waals surface area contributed by atoms with E-state index < -0.39 is 12.0 Å². The van der Waals surface area contributed by atoms with Crippen LogP contribution in [0.15, 0.2) is 13.6 Å². The van der Waals surface area contributed by atoms with Crippen LogP contribution in [0, 0.1) is 5.92 Å². The second-order valence-electron chi connectivity index (χ2n) is 3.96. The van der Waals surface area contributed by atoms with E-state index in [1.165, 1.54) is 18.4 Å². The standard InChI is InChI=1S/C11H13Br2NO3S/c1-5(2)8(11(16)17-3)14-10(15)6-4-7(12)18-9(6)13/h4-5,8H,1-3H3,(H,14,15). The van der Waals surface area contributed by atoms with Crippen molar-refractivity contribution in [2.24, 2.45) is 5.92 Å². The Morgan fingerprint density at radius 3 is 2.39 bits per heavy atom. The maximum atomic E-state index is 12.1. The molecule has 1 N–H and O–H groups in total. The molecule has 7 heteroatoms. The minimum atomic E-state index is -0.645. The highest BCUT2D eigenvalue weighted by molar-refractivity contribution is 9.12. The molecule has 0 saturated heterocycles. The van der Waals surface area contributed by atoms with Crippen molar-refractivity contribution in [1.82, 2.24) is 5.32 Å². The van der Waals surface area contributed by atoms with E-state index in [1.54, 1.807) is 6.07 Å². The lowest BCUT2D eigenvalue weighted by atomic mass is 10.0. The van der Waals surface area contributed by atoms with E-state index in [9.17, 15) is 9.59 Å². The summed E-state index contributed by atoms with van der Waals surface area (Å²) in [6, 6.07) is 1.06. The maximum absolute atomic E-state index is 12.1. The molecule has 1 unspecified atom stereocenters. The highest BCUT2D eigenvalue weighted by Gasteiger charge is 2.26. The van der Waals surface area contributed by atoms with Gasteiger partial charge in [0.1, 0.15) is 6.04 Å². The second kappa shape index (κ2) is 6.68. The van der Waals surface area contributed by atoms with Gasteiger partial charge in [-0.25, -0.2) is 4.79 Å². The summed E-state index contributed by atoms with van der Waals surface area (Å²) in [5.74, 6) is -0.779.